The number of hydrogen-bond acceptors (Lipinski definition) is 4. The van der Waals surface area contributed by atoms with Crippen LogP contribution in [0.2, 0.25) is 0 Å². The molecule has 20 heavy (non-hydrogen) atoms. The highest BCUT2D eigenvalue weighted by molar-refractivity contribution is 7.93. The number of para-hydroxylation sites is 2. The zero-order chi connectivity index (χ0) is 14.8. The van der Waals surface area contributed by atoms with Gasteiger partial charge in [-0.05, 0) is 12.1 Å². The number of nitrogens with one attached hydrogen (secondary N) is 2. The third-order valence-corrected chi connectivity index (χ3v) is 4.01. The molecule has 1 aromatic carbocycles. The Labute approximate surface area is 114 Å². The van der Waals surface area contributed by atoms with Crippen LogP contribution in [-0.4, -0.2) is 40.1 Å². The molecule has 1 saturated heterocycles. The molecule has 1 aromatic rings. The zero-order valence-electron chi connectivity index (χ0n) is 10.4. The minimum atomic E-state index is -5.40. The summed E-state index contributed by atoms with van der Waals surface area (Å²) in [4.78, 5) is 1.84. The lowest BCUT2D eigenvalue weighted by atomic mass is 10.2. The summed E-state index contributed by atoms with van der Waals surface area (Å²) < 4.78 is 61.2. The number of benzene rings is 1. The Kier molecular flexibility index (Phi) is 4.09. The van der Waals surface area contributed by atoms with Crippen molar-refractivity contribution in [3.05, 3.63) is 24.3 Å². The first-order chi connectivity index (χ1) is 9.31. The van der Waals surface area contributed by atoms with E-state index in [1.54, 1.807) is 16.9 Å². The normalized spacial score (nSPS) is 17.1. The quantitative estimate of drug-likeness (QED) is 0.885. The molecule has 0 unspecified atom stereocenters. The number of nitrogens with zero attached hydrogens (tertiary/aromatic N) is 1. The first-order valence-electron chi connectivity index (χ1n) is 5.95. The van der Waals surface area contributed by atoms with E-state index in [0.717, 1.165) is 0 Å². The van der Waals surface area contributed by atoms with E-state index >= 15 is 0 Å². The van der Waals surface area contributed by atoms with Crippen molar-refractivity contribution < 1.29 is 21.6 Å². The van der Waals surface area contributed by atoms with Gasteiger partial charge in [-0.15, -0.1) is 0 Å². The molecule has 0 bridgehead atoms. The van der Waals surface area contributed by atoms with Crippen LogP contribution in [0.4, 0.5) is 24.5 Å². The molecular weight excluding hydrogens is 295 g/mol. The highest BCUT2D eigenvalue weighted by atomic mass is 32.2. The van der Waals surface area contributed by atoms with Crippen molar-refractivity contribution in [1.29, 1.82) is 0 Å². The summed E-state index contributed by atoms with van der Waals surface area (Å²) in [5.41, 5.74) is -4.95. The van der Waals surface area contributed by atoms with Crippen molar-refractivity contribution in [3.8, 4) is 0 Å². The Morgan fingerprint density at radius 2 is 1.75 bits per heavy atom. The summed E-state index contributed by atoms with van der Waals surface area (Å²) >= 11 is 0. The van der Waals surface area contributed by atoms with E-state index in [2.05, 4.69) is 5.32 Å². The van der Waals surface area contributed by atoms with Gasteiger partial charge in [0.15, 0.2) is 0 Å². The number of rotatable bonds is 3. The van der Waals surface area contributed by atoms with Crippen molar-refractivity contribution >= 4 is 21.4 Å². The van der Waals surface area contributed by atoms with E-state index in [4.69, 9.17) is 0 Å². The van der Waals surface area contributed by atoms with Crippen LogP contribution in [0.15, 0.2) is 24.3 Å². The molecule has 0 aliphatic carbocycles. The summed E-state index contributed by atoms with van der Waals surface area (Å²) in [6.45, 7) is 2.59. The van der Waals surface area contributed by atoms with Gasteiger partial charge in [0, 0.05) is 26.2 Å². The predicted octanol–water partition coefficient (Wildman–Crippen LogP) is 1.36. The third kappa shape index (κ3) is 3.15. The van der Waals surface area contributed by atoms with Crippen LogP contribution in [0.3, 0.4) is 0 Å². The SMILES string of the molecule is O=S(=O)(Nc1ccccc1N1CCNCC1)C(F)(F)F. The van der Waals surface area contributed by atoms with Crippen LogP contribution >= 0.6 is 0 Å². The van der Waals surface area contributed by atoms with E-state index in [1.165, 1.54) is 12.1 Å². The molecule has 1 aliphatic rings. The van der Waals surface area contributed by atoms with Gasteiger partial charge in [-0.3, -0.25) is 4.72 Å². The second kappa shape index (κ2) is 5.49. The lowest BCUT2D eigenvalue weighted by Crippen LogP contribution is -2.44. The molecule has 2 N–H and O–H groups in total. The molecule has 9 heteroatoms. The molecule has 0 saturated carbocycles. The number of sulfonamides is 1. The fraction of sp³-hybridized carbons (Fsp3) is 0.455. The number of halogens is 3. The lowest BCUT2D eigenvalue weighted by molar-refractivity contribution is -0.0429. The summed E-state index contributed by atoms with van der Waals surface area (Å²) in [5, 5.41) is 3.12. The van der Waals surface area contributed by atoms with Crippen molar-refractivity contribution in [2.75, 3.05) is 35.8 Å². The van der Waals surface area contributed by atoms with Crippen molar-refractivity contribution in [2.45, 2.75) is 5.51 Å². The minimum Gasteiger partial charge on any atom is -0.367 e. The van der Waals surface area contributed by atoms with Gasteiger partial charge in [-0.2, -0.15) is 21.6 Å². The van der Waals surface area contributed by atoms with Gasteiger partial charge in [-0.25, -0.2) is 0 Å². The fourth-order valence-electron chi connectivity index (χ4n) is 1.94. The van der Waals surface area contributed by atoms with E-state index in [9.17, 15) is 21.6 Å². The fourth-order valence-corrected chi connectivity index (χ4v) is 2.52. The Morgan fingerprint density at radius 1 is 1.15 bits per heavy atom. The molecule has 1 heterocycles. The van der Waals surface area contributed by atoms with Gasteiger partial charge in [0.2, 0.25) is 0 Å². The number of alkyl halides is 3. The molecule has 1 aliphatic heterocycles. The standard InChI is InChI=1S/C11H14F3N3O2S/c12-11(13,14)20(18,19)16-9-3-1-2-4-10(9)17-7-5-15-6-8-17/h1-4,15-16H,5-8H2. The molecule has 0 amide bonds. The Balaban J connectivity index is 2.29. The van der Waals surface area contributed by atoms with Gasteiger partial charge >= 0.3 is 15.5 Å². The van der Waals surface area contributed by atoms with Gasteiger partial charge in [0.05, 0.1) is 11.4 Å². The highest BCUT2D eigenvalue weighted by Gasteiger charge is 2.46. The first-order valence-corrected chi connectivity index (χ1v) is 7.43. The van der Waals surface area contributed by atoms with Gasteiger partial charge in [0.25, 0.3) is 0 Å². The minimum absolute atomic E-state index is 0.0632. The van der Waals surface area contributed by atoms with Gasteiger partial charge in [0.1, 0.15) is 0 Å². The van der Waals surface area contributed by atoms with E-state index in [0.29, 0.717) is 31.9 Å². The molecule has 1 fully saturated rings. The topological polar surface area (TPSA) is 61.4 Å². The molecule has 0 radical (unpaired) electrons. The Morgan fingerprint density at radius 3 is 2.35 bits per heavy atom. The molecule has 2 rings (SSSR count). The van der Waals surface area contributed by atoms with Crippen LogP contribution in [0.5, 0.6) is 0 Å². The molecule has 5 nitrogen and oxygen atoms in total. The molecule has 112 valence electrons. The molecule has 0 spiro atoms. The van der Waals surface area contributed by atoms with Crippen molar-refractivity contribution in [2.24, 2.45) is 0 Å². The van der Waals surface area contributed by atoms with Gasteiger partial charge in [-0.1, -0.05) is 12.1 Å². The lowest BCUT2D eigenvalue weighted by Gasteiger charge is -2.31. The maximum atomic E-state index is 12.4. The summed E-state index contributed by atoms with van der Waals surface area (Å²) in [7, 11) is -5.40. The third-order valence-electron chi connectivity index (χ3n) is 2.91. The smallest absolute Gasteiger partial charge is 0.367 e. The van der Waals surface area contributed by atoms with E-state index in [-0.39, 0.29) is 5.69 Å². The van der Waals surface area contributed by atoms with Crippen LogP contribution in [0.1, 0.15) is 0 Å². The van der Waals surface area contributed by atoms with Crippen LogP contribution in [-0.2, 0) is 10.0 Å². The second-order valence-corrected chi connectivity index (χ2v) is 5.98. The number of piperazine rings is 1. The summed E-state index contributed by atoms with van der Waals surface area (Å²) in [5.74, 6) is 0. The van der Waals surface area contributed by atoms with Crippen LogP contribution in [0.25, 0.3) is 0 Å². The zero-order valence-corrected chi connectivity index (χ0v) is 11.3. The molecular formula is C11H14F3N3O2S. The average molecular weight is 309 g/mol. The average Bonchev–Trinajstić information content (AvgIpc) is 2.38. The van der Waals surface area contributed by atoms with Crippen molar-refractivity contribution in [1.82, 2.24) is 5.32 Å². The highest BCUT2D eigenvalue weighted by Crippen LogP contribution is 2.31. The maximum absolute atomic E-state index is 12.4. The number of anilines is 2. The largest absolute Gasteiger partial charge is 0.516 e. The predicted molar refractivity (Wildman–Crippen MR) is 70.1 cm³/mol. The van der Waals surface area contributed by atoms with E-state index < -0.39 is 15.5 Å². The van der Waals surface area contributed by atoms with Crippen LogP contribution in [0, 0.1) is 0 Å². The molecule has 0 atom stereocenters. The maximum Gasteiger partial charge on any atom is 0.516 e. The first kappa shape index (κ1) is 14.9. The van der Waals surface area contributed by atoms with Crippen LogP contribution < -0.4 is 14.9 Å². The Hall–Kier alpha value is -1.48. The van der Waals surface area contributed by atoms with Gasteiger partial charge < -0.3 is 10.2 Å². The summed E-state index contributed by atoms with van der Waals surface area (Å²) in [6.07, 6.45) is 0. The monoisotopic (exact) mass is 309 g/mol. The van der Waals surface area contributed by atoms with Crippen molar-refractivity contribution in [3.63, 3.8) is 0 Å². The number of hydrogen-bond donors (Lipinski definition) is 2. The van der Waals surface area contributed by atoms with E-state index in [1.807, 2.05) is 4.90 Å². The summed E-state index contributed by atoms with van der Waals surface area (Å²) in [6, 6.07) is 6.06. The molecule has 0 aromatic heterocycles. The second-order valence-electron chi connectivity index (χ2n) is 4.31. The Bertz CT molecular complexity index is 569.